The molecule has 2 aromatic carbocycles. The van der Waals surface area contributed by atoms with Gasteiger partial charge in [-0.25, -0.2) is 9.78 Å². The van der Waals surface area contributed by atoms with Gasteiger partial charge in [-0.1, -0.05) is 60.7 Å². The summed E-state index contributed by atoms with van der Waals surface area (Å²) < 4.78 is 5.02. The average Bonchev–Trinajstić information content (AvgIpc) is 2.79. The quantitative estimate of drug-likeness (QED) is 0.553. The molecule has 1 aromatic heterocycles. The third-order valence-electron chi connectivity index (χ3n) is 4.59. The number of amides is 1. The van der Waals surface area contributed by atoms with Crippen LogP contribution in [0.4, 0.5) is 5.82 Å². The van der Waals surface area contributed by atoms with Gasteiger partial charge in [0.25, 0.3) is 0 Å². The van der Waals surface area contributed by atoms with Crippen LogP contribution in [0.5, 0.6) is 0 Å². The zero-order chi connectivity index (χ0) is 20.5. The Morgan fingerprint density at radius 2 is 1.62 bits per heavy atom. The maximum Gasteiger partial charge on any atom is 0.329 e. The second-order valence-corrected chi connectivity index (χ2v) is 6.54. The number of ether oxygens (including phenoxy) is 1. The van der Waals surface area contributed by atoms with E-state index >= 15 is 0 Å². The Morgan fingerprint density at radius 1 is 0.966 bits per heavy atom. The van der Waals surface area contributed by atoms with Gasteiger partial charge >= 0.3 is 5.97 Å². The van der Waals surface area contributed by atoms with Crippen LogP contribution < -0.4 is 4.90 Å². The molecular formula is C23H23N3O3. The number of hydrogen-bond acceptors (Lipinski definition) is 5. The fourth-order valence-corrected chi connectivity index (χ4v) is 3.15. The Labute approximate surface area is 170 Å². The normalized spacial score (nSPS) is 11.5. The summed E-state index contributed by atoms with van der Waals surface area (Å²) in [6, 6.07) is 18.5. The smallest absolute Gasteiger partial charge is 0.329 e. The SMILES string of the molecule is COC(=O)[C@H](Cc1ccccc1)N(C(=O)CCc1ccccc1)c1cnccn1. The molecular weight excluding hydrogens is 366 g/mol. The van der Waals surface area contributed by atoms with Crippen molar-refractivity contribution in [2.24, 2.45) is 0 Å². The molecule has 0 saturated heterocycles. The van der Waals surface area contributed by atoms with E-state index in [9.17, 15) is 9.59 Å². The van der Waals surface area contributed by atoms with Gasteiger partial charge in [-0.15, -0.1) is 0 Å². The molecule has 0 N–H and O–H groups in total. The number of aromatic nitrogens is 2. The molecule has 0 saturated carbocycles. The van der Waals surface area contributed by atoms with Crippen LogP contribution in [0.1, 0.15) is 17.5 Å². The van der Waals surface area contributed by atoms with Crippen molar-refractivity contribution in [2.45, 2.75) is 25.3 Å². The van der Waals surface area contributed by atoms with Crippen molar-refractivity contribution in [3.8, 4) is 0 Å². The zero-order valence-corrected chi connectivity index (χ0v) is 16.3. The highest BCUT2D eigenvalue weighted by Gasteiger charge is 2.33. The first kappa shape index (κ1) is 20.2. The van der Waals surface area contributed by atoms with Crippen LogP contribution in [0, 0.1) is 0 Å². The molecule has 6 nitrogen and oxygen atoms in total. The topological polar surface area (TPSA) is 72.4 Å². The van der Waals surface area contributed by atoms with Gasteiger partial charge in [-0.05, 0) is 17.5 Å². The summed E-state index contributed by atoms with van der Waals surface area (Å²) in [4.78, 5) is 35.6. The number of methoxy groups -OCH3 is 1. The average molecular weight is 389 g/mol. The third-order valence-corrected chi connectivity index (χ3v) is 4.59. The summed E-state index contributed by atoms with van der Waals surface area (Å²) in [5.74, 6) is -0.370. The molecule has 0 fully saturated rings. The molecule has 3 aromatic rings. The molecule has 1 heterocycles. The van der Waals surface area contributed by atoms with E-state index in [2.05, 4.69) is 9.97 Å². The molecule has 0 radical (unpaired) electrons. The molecule has 1 atom stereocenters. The van der Waals surface area contributed by atoms with Crippen molar-refractivity contribution in [1.82, 2.24) is 9.97 Å². The zero-order valence-electron chi connectivity index (χ0n) is 16.3. The highest BCUT2D eigenvalue weighted by molar-refractivity contribution is 5.98. The molecule has 1 amide bonds. The van der Waals surface area contributed by atoms with Gasteiger partial charge < -0.3 is 4.74 Å². The van der Waals surface area contributed by atoms with E-state index in [0.717, 1.165) is 11.1 Å². The number of benzene rings is 2. The van der Waals surface area contributed by atoms with Crippen molar-refractivity contribution in [3.63, 3.8) is 0 Å². The van der Waals surface area contributed by atoms with Crippen LogP contribution in [0.25, 0.3) is 0 Å². The van der Waals surface area contributed by atoms with Crippen molar-refractivity contribution in [3.05, 3.63) is 90.4 Å². The van der Waals surface area contributed by atoms with Crippen LogP contribution in [-0.2, 0) is 27.2 Å². The molecule has 148 valence electrons. The molecule has 29 heavy (non-hydrogen) atoms. The fraction of sp³-hybridized carbons (Fsp3) is 0.217. The van der Waals surface area contributed by atoms with Crippen LogP contribution in [0.3, 0.4) is 0 Å². The molecule has 0 aliphatic rings. The number of nitrogens with zero attached hydrogens (tertiary/aromatic N) is 3. The lowest BCUT2D eigenvalue weighted by atomic mass is 10.0. The molecule has 0 unspecified atom stereocenters. The maximum atomic E-state index is 13.2. The summed E-state index contributed by atoms with van der Waals surface area (Å²) in [5, 5.41) is 0. The first-order chi connectivity index (χ1) is 14.2. The minimum Gasteiger partial charge on any atom is -0.467 e. The summed E-state index contributed by atoms with van der Waals surface area (Å²) >= 11 is 0. The predicted molar refractivity (Wildman–Crippen MR) is 110 cm³/mol. The van der Waals surface area contributed by atoms with Crippen LogP contribution in [-0.4, -0.2) is 35.0 Å². The minimum atomic E-state index is -0.831. The number of carbonyl (C=O) groups excluding carboxylic acids is 2. The van der Waals surface area contributed by atoms with Gasteiger partial charge in [0.05, 0.1) is 13.3 Å². The Hall–Kier alpha value is -3.54. The highest BCUT2D eigenvalue weighted by atomic mass is 16.5. The highest BCUT2D eigenvalue weighted by Crippen LogP contribution is 2.20. The Balaban J connectivity index is 1.89. The first-order valence-electron chi connectivity index (χ1n) is 9.43. The van der Waals surface area contributed by atoms with E-state index in [-0.39, 0.29) is 12.3 Å². The van der Waals surface area contributed by atoms with Crippen molar-refractivity contribution in [2.75, 3.05) is 12.0 Å². The number of aryl methyl sites for hydroxylation is 1. The van der Waals surface area contributed by atoms with Gasteiger partial charge in [-0.2, -0.15) is 0 Å². The van der Waals surface area contributed by atoms with Crippen LogP contribution in [0.2, 0.25) is 0 Å². The summed E-state index contributed by atoms with van der Waals surface area (Å²) in [5.41, 5.74) is 1.98. The molecule has 6 heteroatoms. The first-order valence-corrected chi connectivity index (χ1v) is 9.43. The monoisotopic (exact) mass is 389 g/mol. The van der Waals surface area contributed by atoms with E-state index in [0.29, 0.717) is 18.7 Å². The largest absolute Gasteiger partial charge is 0.467 e. The lowest BCUT2D eigenvalue weighted by Crippen LogP contribution is -2.48. The lowest BCUT2D eigenvalue weighted by molar-refractivity contribution is -0.143. The number of carbonyl (C=O) groups is 2. The minimum absolute atomic E-state index is 0.208. The molecule has 0 spiro atoms. The van der Waals surface area contributed by atoms with Crippen LogP contribution in [0.15, 0.2) is 79.3 Å². The molecule has 0 aliphatic heterocycles. The maximum absolute atomic E-state index is 13.2. The summed E-state index contributed by atoms with van der Waals surface area (Å²) in [7, 11) is 1.32. The Kier molecular flexibility index (Phi) is 7.05. The number of rotatable bonds is 8. The van der Waals surface area contributed by atoms with Gasteiger partial charge in [0.2, 0.25) is 5.91 Å². The lowest BCUT2D eigenvalue weighted by Gasteiger charge is -2.29. The van der Waals surface area contributed by atoms with Crippen molar-refractivity contribution in [1.29, 1.82) is 0 Å². The van der Waals surface area contributed by atoms with E-state index in [1.807, 2.05) is 60.7 Å². The van der Waals surface area contributed by atoms with Crippen molar-refractivity contribution < 1.29 is 14.3 Å². The summed E-state index contributed by atoms with van der Waals surface area (Å²) in [6.45, 7) is 0. The Bertz CT molecular complexity index is 918. The van der Waals surface area contributed by atoms with Gasteiger partial charge in [0, 0.05) is 25.2 Å². The standard InChI is InChI=1S/C23H23N3O3/c1-29-23(28)20(16-19-10-6-3-7-11-19)26(21-17-24-14-15-25-21)22(27)13-12-18-8-4-2-5-9-18/h2-11,14-15,17,20H,12-13,16H2,1H3/t20-/m0/s1. The van der Waals surface area contributed by atoms with E-state index < -0.39 is 12.0 Å². The third kappa shape index (κ3) is 5.48. The predicted octanol–water partition coefficient (Wildman–Crippen LogP) is 3.23. The van der Waals surface area contributed by atoms with Crippen LogP contribution >= 0.6 is 0 Å². The Morgan fingerprint density at radius 3 is 2.21 bits per heavy atom. The van der Waals surface area contributed by atoms with E-state index in [1.165, 1.54) is 30.6 Å². The van der Waals surface area contributed by atoms with Crippen molar-refractivity contribution >= 4 is 17.7 Å². The molecule has 3 rings (SSSR count). The van der Waals surface area contributed by atoms with E-state index in [1.54, 1.807) is 0 Å². The van der Waals surface area contributed by atoms with Gasteiger partial charge in [0.1, 0.15) is 6.04 Å². The number of esters is 1. The molecule has 0 aliphatic carbocycles. The second-order valence-electron chi connectivity index (χ2n) is 6.54. The second kappa shape index (κ2) is 10.1. The van der Waals surface area contributed by atoms with Gasteiger partial charge in [0.15, 0.2) is 5.82 Å². The number of hydrogen-bond donors (Lipinski definition) is 0. The van der Waals surface area contributed by atoms with Gasteiger partial charge in [-0.3, -0.25) is 14.7 Å². The summed E-state index contributed by atoms with van der Waals surface area (Å²) in [6.07, 6.45) is 5.64. The molecule has 0 bridgehead atoms. The number of anilines is 1. The fourth-order valence-electron chi connectivity index (χ4n) is 3.15. The van der Waals surface area contributed by atoms with E-state index in [4.69, 9.17) is 4.74 Å².